The quantitative estimate of drug-likeness (QED) is 0.190. The summed E-state index contributed by atoms with van der Waals surface area (Å²) in [6, 6.07) is 9.06. The fourth-order valence-electron chi connectivity index (χ4n) is 3.65. The van der Waals surface area contributed by atoms with Gasteiger partial charge in [0.15, 0.2) is 23.0 Å². The Morgan fingerprint density at radius 2 is 1.65 bits per heavy atom. The second kappa shape index (κ2) is 12.9. The molecule has 0 aromatic heterocycles. The molecule has 1 aliphatic rings. The van der Waals surface area contributed by atoms with Crippen LogP contribution in [0.1, 0.15) is 17.2 Å². The van der Waals surface area contributed by atoms with Crippen LogP contribution in [0.3, 0.4) is 0 Å². The first-order valence-electron chi connectivity index (χ1n) is 11.4. The van der Waals surface area contributed by atoms with Crippen molar-refractivity contribution in [3.8, 4) is 23.0 Å². The summed E-state index contributed by atoms with van der Waals surface area (Å²) in [6.07, 6.45) is -6.82. The maximum absolute atomic E-state index is 10.4. The first-order valence-corrected chi connectivity index (χ1v) is 11.4. The molecule has 0 spiro atoms. The minimum absolute atomic E-state index is 0.0957. The van der Waals surface area contributed by atoms with Gasteiger partial charge in [-0.25, -0.2) is 0 Å². The third-order valence-corrected chi connectivity index (χ3v) is 5.83. The number of rotatable bonds is 11. The summed E-state index contributed by atoms with van der Waals surface area (Å²) in [6.45, 7) is -0.835. The molecule has 12 heteroatoms. The zero-order valence-corrected chi connectivity index (χ0v) is 20.2. The van der Waals surface area contributed by atoms with Crippen molar-refractivity contribution in [2.45, 2.75) is 42.9 Å². The van der Waals surface area contributed by atoms with Gasteiger partial charge in [-0.3, -0.25) is 0 Å². The normalized spacial score (nSPS) is 25.5. The number of benzene rings is 2. The van der Waals surface area contributed by atoms with E-state index >= 15 is 0 Å². The molecule has 7 N–H and O–H groups in total. The lowest BCUT2D eigenvalue weighted by molar-refractivity contribution is -0.287. The van der Waals surface area contributed by atoms with Gasteiger partial charge in [0.2, 0.25) is 6.29 Å². The number of methoxy groups -OCH3 is 2. The third-order valence-electron chi connectivity index (χ3n) is 5.83. The Labute approximate surface area is 213 Å². The zero-order valence-electron chi connectivity index (χ0n) is 20.2. The molecule has 7 atom stereocenters. The number of aliphatic hydroxyl groups excluding tert-OH is 6. The first-order chi connectivity index (χ1) is 17.7. The van der Waals surface area contributed by atoms with E-state index in [4.69, 9.17) is 23.7 Å². The molecule has 1 saturated heterocycles. The van der Waals surface area contributed by atoms with Crippen LogP contribution in [0.2, 0.25) is 0 Å². The fourth-order valence-corrected chi connectivity index (χ4v) is 3.65. The van der Waals surface area contributed by atoms with Crippen molar-refractivity contribution < 1.29 is 59.4 Å². The van der Waals surface area contributed by atoms with Gasteiger partial charge < -0.3 is 59.4 Å². The van der Waals surface area contributed by atoms with Gasteiger partial charge in [0.1, 0.15) is 43.2 Å². The number of aromatic hydroxyl groups is 1. The summed E-state index contributed by atoms with van der Waals surface area (Å²) in [7, 11) is 2.80. The van der Waals surface area contributed by atoms with Crippen LogP contribution in [0.5, 0.6) is 23.0 Å². The van der Waals surface area contributed by atoms with Crippen LogP contribution < -0.4 is 14.2 Å². The van der Waals surface area contributed by atoms with Crippen LogP contribution >= 0.6 is 0 Å². The van der Waals surface area contributed by atoms with Crippen molar-refractivity contribution in [1.82, 2.24) is 0 Å². The predicted octanol–water partition coefficient (Wildman–Crippen LogP) is -0.330. The maximum Gasteiger partial charge on any atom is 0.228 e. The molecule has 2 aromatic rings. The van der Waals surface area contributed by atoms with Gasteiger partial charge in [-0.05, 0) is 41.5 Å². The number of aliphatic hydroxyl groups is 6. The number of phenolic OH excluding ortho intramolecular Hbond substituents is 1. The van der Waals surface area contributed by atoms with Crippen molar-refractivity contribution in [3.05, 3.63) is 53.8 Å². The summed E-state index contributed by atoms with van der Waals surface area (Å²) < 4.78 is 26.6. The Hall–Kier alpha value is -3.10. The minimum atomic E-state index is -1.55. The van der Waals surface area contributed by atoms with E-state index in [9.17, 15) is 35.7 Å². The SMILES string of the molecule is COc1cc(C(O)C(O)COc2ccc(/C=C/O[C@@H]3O[C@H](CO)[C@@H](O)[C@H](O)[C@H]3O)cc2OC)ccc1O. The van der Waals surface area contributed by atoms with Gasteiger partial charge in [0.25, 0.3) is 0 Å². The highest BCUT2D eigenvalue weighted by Gasteiger charge is 2.44. The summed E-state index contributed by atoms with van der Waals surface area (Å²) in [4.78, 5) is 0. The molecule has 0 aliphatic carbocycles. The van der Waals surface area contributed by atoms with Crippen LogP contribution in [-0.2, 0) is 9.47 Å². The average Bonchev–Trinajstić information content (AvgIpc) is 2.91. The Morgan fingerprint density at radius 3 is 2.32 bits per heavy atom. The molecule has 1 fully saturated rings. The van der Waals surface area contributed by atoms with E-state index in [0.29, 0.717) is 22.6 Å². The molecule has 0 radical (unpaired) electrons. The lowest BCUT2D eigenvalue weighted by Crippen LogP contribution is -2.58. The number of hydrogen-bond acceptors (Lipinski definition) is 12. The zero-order chi connectivity index (χ0) is 27.1. The summed E-state index contributed by atoms with van der Waals surface area (Å²) >= 11 is 0. The highest BCUT2D eigenvalue weighted by atomic mass is 16.7. The molecule has 0 bridgehead atoms. The van der Waals surface area contributed by atoms with Gasteiger partial charge in [0, 0.05) is 0 Å². The highest BCUT2D eigenvalue weighted by molar-refractivity contribution is 5.55. The molecular weight excluding hydrogens is 492 g/mol. The molecule has 2 aromatic carbocycles. The standard InChI is InChI=1S/C25H32O12/c1-33-18-10-14(4-5-15(18)27)21(29)16(28)12-36-17-6-3-13(9-19(17)34-2)7-8-35-25-24(32)23(31)22(30)20(11-26)37-25/h3-10,16,20-32H,11-12H2,1-2H3/b8-7+/t16?,20-,21?,22-,23+,24-,25-/m1/s1. The summed E-state index contributed by atoms with van der Waals surface area (Å²) in [5, 5.41) is 69.4. The number of ether oxygens (including phenoxy) is 5. The molecule has 1 aliphatic heterocycles. The highest BCUT2D eigenvalue weighted by Crippen LogP contribution is 2.32. The van der Waals surface area contributed by atoms with Crippen molar-refractivity contribution in [1.29, 1.82) is 0 Å². The van der Waals surface area contributed by atoms with Gasteiger partial charge >= 0.3 is 0 Å². The van der Waals surface area contributed by atoms with E-state index in [-0.39, 0.29) is 18.1 Å². The smallest absolute Gasteiger partial charge is 0.228 e. The van der Waals surface area contributed by atoms with Crippen molar-refractivity contribution in [2.24, 2.45) is 0 Å². The summed E-state index contributed by atoms with van der Waals surface area (Å²) in [5.41, 5.74) is 0.933. The van der Waals surface area contributed by atoms with Gasteiger partial charge in [-0.1, -0.05) is 12.1 Å². The predicted molar refractivity (Wildman–Crippen MR) is 128 cm³/mol. The Morgan fingerprint density at radius 1 is 0.919 bits per heavy atom. The van der Waals surface area contributed by atoms with E-state index < -0.39 is 49.5 Å². The second-order valence-electron chi connectivity index (χ2n) is 8.30. The molecule has 12 nitrogen and oxygen atoms in total. The van der Waals surface area contributed by atoms with Gasteiger partial charge in [-0.15, -0.1) is 0 Å². The second-order valence-corrected chi connectivity index (χ2v) is 8.30. The van der Waals surface area contributed by atoms with Crippen molar-refractivity contribution in [3.63, 3.8) is 0 Å². The Balaban J connectivity index is 1.60. The Kier molecular flexibility index (Phi) is 9.94. The van der Waals surface area contributed by atoms with E-state index in [1.165, 1.54) is 44.8 Å². The van der Waals surface area contributed by atoms with Gasteiger partial charge in [-0.2, -0.15) is 0 Å². The number of phenols is 1. The lowest BCUT2D eigenvalue weighted by Gasteiger charge is -2.39. The first kappa shape index (κ1) is 28.5. The summed E-state index contributed by atoms with van der Waals surface area (Å²) in [5.74, 6) is 0.680. The van der Waals surface area contributed by atoms with Crippen LogP contribution in [-0.4, -0.2) is 100.0 Å². The Bertz CT molecular complexity index is 1040. The fraction of sp³-hybridized carbons (Fsp3) is 0.440. The molecule has 0 amide bonds. The van der Waals surface area contributed by atoms with E-state index in [1.54, 1.807) is 18.2 Å². The molecule has 1 heterocycles. The molecule has 37 heavy (non-hydrogen) atoms. The maximum atomic E-state index is 10.4. The van der Waals surface area contributed by atoms with Gasteiger partial charge in [0.05, 0.1) is 27.1 Å². The monoisotopic (exact) mass is 524 g/mol. The topological polar surface area (TPSA) is 188 Å². The van der Waals surface area contributed by atoms with Crippen LogP contribution in [0.15, 0.2) is 42.7 Å². The average molecular weight is 525 g/mol. The molecule has 0 saturated carbocycles. The molecule has 2 unspecified atom stereocenters. The van der Waals surface area contributed by atoms with Crippen LogP contribution in [0.25, 0.3) is 6.08 Å². The largest absolute Gasteiger partial charge is 0.504 e. The third kappa shape index (κ3) is 6.81. The van der Waals surface area contributed by atoms with E-state index in [1.807, 2.05) is 0 Å². The van der Waals surface area contributed by atoms with Crippen molar-refractivity contribution >= 4 is 6.08 Å². The molecular formula is C25H32O12. The van der Waals surface area contributed by atoms with E-state index in [2.05, 4.69) is 0 Å². The van der Waals surface area contributed by atoms with Crippen LogP contribution in [0, 0.1) is 0 Å². The number of hydrogen-bond donors (Lipinski definition) is 7. The molecule has 3 rings (SSSR count). The lowest BCUT2D eigenvalue weighted by atomic mass is 9.99. The minimum Gasteiger partial charge on any atom is -0.504 e. The van der Waals surface area contributed by atoms with Crippen LogP contribution in [0.4, 0.5) is 0 Å². The van der Waals surface area contributed by atoms with E-state index in [0.717, 1.165) is 0 Å². The van der Waals surface area contributed by atoms with Crippen molar-refractivity contribution in [2.75, 3.05) is 27.4 Å². The molecule has 204 valence electrons.